The quantitative estimate of drug-likeness (QED) is 0.790. The number of nitrogens with zero attached hydrogens (tertiary/aromatic N) is 6. The summed E-state index contributed by atoms with van der Waals surface area (Å²) in [6.45, 7) is 1.15. The van der Waals surface area contributed by atoms with Crippen LogP contribution in [0.25, 0.3) is 0 Å². The van der Waals surface area contributed by atoms with Gasteiger partial charge in [-0.15, -0.1) is 5.10 Å². The zero-order valence-corrected chi connectivity index (χ0v) is 12.0. The van der Waals surface area contributed by atoms with Crippen molar-refractivity contribution in [1.29, 1.82) is 0 Å². The van der Waals surface area contributed by atoms with Crippen LogP contribution in [0.3, 0.4) is 0 Å². The highest BCUT2D eigenvalue weighted by Crippen LogP contribution is 2.30. The number of hydrogen-bond acceptors (Lipinski definition) is 7. The molecule has 0 amide bonds. The number of hydrogen-bond donors (Lipinski definition) is 0. The first-order chi connectivity index (χ1) is 10.5. The highest BCUT2D eigenvalue weighted by molar-refractivity contribution is 7.99. The van der Waals surface area contributed by atoms with E-state index in [2.05, 4.69) is 25.5 Å². The molecule has 3 rings (SSSR count). The lowest BCUT2D eigenvalue weighted by Gasteiger charge is -2.10. The third kappa shape index (κ3) is 3.53. The van der Waals surface area contributed by atoms with Crippen molar-refractivity contribution in [2.24, 2.45) is 0 Å². The molecule has 7 nitrogen and oxygen atoms in total. The minimum Gasteiger partial charge on any atom is -0.376 e. The number of rotatable bonds is 4. The van der Waals surface area contributed by atoms with Gasteiger partial charge >= 0.3 is 6.18 Å². The van der Waals surface area contributed by atoms with Gasteiger partial charge in [0.2, 0.25) is 5.16 Å². The van der Waals surface area contributed by atoms with Crippen molar-refractivity contribution in [2.75, 3.05) is 6.61 Å². The van der Waals surface area contributed by atoms with Gasteiger partial charge in [-0.3, -0.25) is 0 Å². The van der Waals surface area contributed by atoms with Crippen LogP contribution in [-0.4, -0.2) is 42.9 Å². The molecule has 0 bridgehead atoms. The van der Waals surface area contributed by atoms with E-state index in [-0.39, 0.29) is 11.3 Å². The van der Waals surface area contributed by atoms with Crippen molar-refractivity contribution in [3.8, 4) is 0 Å². The Labute approximate surface area is 127 Å². The zero-order chi connectivity index (χ0) is 15.6. The van der Waals surface area contributed by atoms with Crippen molar-refractivity contribution in [3.05, 3.63) is 18.0 Å². The summed E-state index contributed by atoms with van der Waals surface area (Å²) in [5.41, 5.74) is -0.997. The van der Waals surface area contributed by atoms with Crippen molar-refractivity contribution in [3.63, 3.8) is 0 Å². The van der Waals surface area contributed by atoms with Gasteiger partial charge in [-0.25, -0.2) is 14.6 Å². The highest BCUT2D eigenvalue weighted by atomic mass is 32.2. The maximum absolute atomic E-state index is 12.6. The molecule has 3 heterocycles. The largest absolute Gasteiger partial charge is 0.433 e. The SMILES string of the molecule is FC(F)(F)c1ccnc(Sc2nnnn2C[C@H]2CCCO2)n1. The van der Waals surface area contributed by atoms with Crippen molar-refractivity contribution in [1.82, 2.24) is 30.2 Å². The van der Waals surface area contributed by atoms with Gasteiger partial charge in [-0.05, 0) is 41.1 Å². The summed E-state index contributed by atoms with van der Waals surface area (Å²) in [4.78, 5) is 7.29. The average molecular weight is 332 g/mol. The highest BCUT2D eigenvalue weighted by Gasteiger charge is 2.33. The van der Waals surface area contributed by atoms with E-state index in [4.69, 9.17) is 4.74 Å². The van der Waals surface area contributed by atoms with Gasteiger partial charge in [0.25, 0.3) is 0 Å². The van der Waals surface area contributed by atoms with Crippen LogP contribution < -0.4 is 0 Å². The second-order valence-corrected chi connectivity index (χ2v) is 5.54. The first-order valence-corrected chi connectivity index (χ1v) is 7.30. The van der Waals surface area contributed by atoms with E-state index in [1.807, 2.05) is 0 Å². The molecule has 0 radical (unpaired) electrons. The van der Waals surface area contributed by atoms with Gasteiger partial charge in [0.05, 0.1) is 12.6 Å². The lowest BCUT2D eigenvalue weighted by molar-refractivity contribution is -0.141. The lowest BCUT2D eigenvalue weighted by atomic mass is 10.2. The lowest BCUT2D eigenvalue weighted by Crippen LogP contribution is -2.17. The van der Waals surface area contributed by atoms with Gasteiger partial charge in [-0.2, -0.15) is 13.2 Å². The Kier molecular flexibility index (Phi) is 4.25. The molecule has 0 unspecified atom stereocenters. The van der Waals surface area contributed by atoms with Crippen LogP contribution in [0.1, 0.15) is 18.5 Å². The molecule has 1 aliphatic rings. The Morgan fingerprint density at radius 1 is 1.41 bits per heavy atom. The summed E-state index contributed by atoms with van der Waals surface area (Å²) < 4.78 is 44.9. The van der Waals surface area contributed by atoms with Crippen LogP contribution in [0.15, 0.2) is 22.6 Å². The molecule has 2 aromatic rings. The molecule has 0 aromatic carbocycles. The summed E-state index contributed by atoms with van der Waals surface area (Å²) in [5.74, 6) is 0. The number of ether oxygens (including phenoxy) is 1. The molecular formula is C11H11F3N6OS. The maximum atomic E-state index is 12.6. The Hall–Kier alpha value is -1.75. The van der Waals surface area contributed by atoms with Crippen LogP contribution in [0.4, 0.5) is 13.2 Å². The molecule has 1 fully saturated rings. The monoisotopic (exact) mass is 332 g/mol. The van der Waals surface area contributed by atoms with Crippen LogP contribution in [-0.2, 0) is 17.5 Å². The van der Waals surface area contributed by atoms with Crippen LogP contribution in [0.2, 0.25) is 0 Å². The molecule has 118 valence electrons. The van der Waals surface area contributed by atoms with Crippen molar-refractivity contribution in [2.45, 2.75) is 42.0 Å². The van der Waals surface area contributed by atoms with E-state index >= 15 is 0 Å². The van der Waals surface area contributed by atoms with Crippen LogP contribution in [0.5, 0.6) is 0 Å². The molecule has 0 saturated carbocycles. The van der Waals surface area contributed by atoms with E-state index < -0.39 is 11.9 Å². The van der Waals surface area contributed by atoms with Gasteiger partial charge in [0.15, 0.2) is 5.16 Å². The van der Waals surface area contributed by atoms with Crippen molar-refractivity contribution >= 4 is 11.8 Å². The van der Waals surface area contributed by atoms with E-state index in [0.717, 1.165) is 36.9 Å². The standard InChI is InChI=1S/C11H11F3N6OS/c12-11(13,14)8-3-4-15-9(16-8)22-10-17-18-19-20(10)6-7-2-1-5-21-7/h3-4,7H,1-2,5-6H2/t7-/m1/s1. The van der Waals surface area contributed by atoms with E-state index in [0.29, 0.717) is 18.3 Å². The Balaban J connectivity index is 1.75. The minimum absolute atomic E-state index is 0.0188. The Morgan fingerprint density at radius 3 is 3.00 bits per heavy atom. The summed E-state index contributed by atoms with van der Waals surface area (Å²) in [5, 5.41) is 11.4. The average Bonchev–Trinajstić information content (AvgIpc) is 3.12. The molecule has 0 spiro atoms. The van der Waals surface area contributed by atoms with Gasteiger partial charge in [0.1, 0.15) is 5.69 Å². The topological polar surface area (TPSA) is 78.6 Å². The maximum Gasteiger partial charge on any atom is 0.433 e. The second kappa shape index (κ2) is 6.16. The molecule has 0 aliphatic carbocycles. The molecular weight excluding hydrogens is 321 g/mol. The second-order valence-electron chi connectivity index (χ2n) is 4.60. The summed E-state index contributed by atoms with van der Waals surface area (Å²) in [7, 11) is 0. The molecule has 22 heavy (non-hydrogen) atoms. The Morgan fingerprint density at radius 2 is 2.27 bits per heavy atom. The fourth-order valence-corrected chi connectivity index (χ4v) is 2.71. The molecule has 1 saturated heterocycles. The number of aromatic nitrogens is 6. The number of halogens is 3. The summed E-state index contributed by atoms with van der Waals surface area (Å²) in [6.07, 6.45) is -1.55. The smallest absolute Gasteiger partial charge is 0.376 e. The first-order valence-electron chi connectivity index (χ1n) is 6.48. The fraction of sp³-hybridized carbons (Fsp3) is 0.545. The van der Waals surface area contributed by atoms with Gasteiger partial charge in [-0.1, -0.05) is 0 Å². The van der Waals surface area contributed by atoms with E-state index in [1.165, 1.54) is 4.68 Å². The molecule has 1 atom stereocenters. The first kappa shape index (κ1) is 15.2. The van der Waals surface area contributed by atoms with Gasteiger partial charge in [0, 0.05) is 12.8 Å². The normalized spacial score (nSPS) is 18.8. The van der Waals surface area contributed by atoms with E-state index in [1.54, 1.807) is 0 Å². The molecule has 11 heteroatoms. The molecule has 1 aliphatic heterocycles. The summed E-state index contributed by atoms with van der Waals surface area (Å²) in [6, 6.07) is 0.819. The third-order valence-electron chi connectivity index (χ3n) is 3.01. The van der Waals surface area contributed by atoms with Crippen LogP contribution in [0, 0.1) is 0 Å². The third-order valence-corrected chi connectivity index (χ3v) is 3.86. The van der Waals surface area contributed by atoms with Crippen molar-refractivity contribution < 1.29 is 17.9 Å². The summed E-state index contributed by atoms with van der Waals surface area (Å²) >= 11 is 0.884. The predicted octanol–water partition coefficient (Wildman–Crippen LogP) is 1.81. The minimum atomic E-state index is -4.51. The molecule has 0 N–H and O–H groups in total. The predicted molar refractivity (Wildman–Crippen MR) is 67.9 cm³/mol. The number of tetrazole rings is 1. The van der Waals surface area contributed by atoms with Gasteiger partial charge < -0.3 is 4.74 Å². The zero-order valence-electron chi connectivity index (χ0n) is 11.2. The number of alkyl halides is 3. The van der Waals surface area contributed by atoms with E-state index in [9.17, 15) is 13.2 Å². The Bertz CT molecular complexity index is 643. The molecule has 2 aromatic heterocycles. The van der Waals surface area contributed by atoms with Crippen LogP contribution >= 0.6 is 11.8 Å². The fourth-order valence-electron chi connectivity index (χ4n) is 1.99.